The lowest BCUT2D eigenvalue weighted by Crippen LogP contribution is -2.26. The number of aryl methyl sites for hydroxylation is 2. The van der Waals surface area contributed by atoms with Crippen LogP contribution in [0.2, 0.25) is 5.02 Å². The van der Waals surface area contributed by atoms with Crippen LogP contribution in [0.4, 0.5) is 0 Å². The molecule has 0 aliphatic heterocycles. The van der Waals surface area contributed by atoms with Crippen LogP contribution in [0.25, 0.3) is 21.6 Å². The summed E-state index contributed by atoms with van der Waals surface area (Å²) in [6.07, 6.45) is 0. The van der Waals surface area contributed by atoms with E-state index < -0.39 is 12.5 Å². The van der Waals surface area contributed by atoms with Crippen molar-refractivity contribution >= 4 is 39.1 Å². The Morgan fingerprint density at radius 1 is 1.30 bits per heavy atom. The number of rotatable bonds is 3. The fourth-order valence-corrected chi connectivity index (χ4v) is 3.57. The van der Waals surface area contributed by atoms with Gasteiger partial charge in [-0.3, -0.25) is 14.2 Å². The van der Waals surface area contributed by atoms with Crippen LogP contribution in [0, 0.1) is 13.8 Å². The highest BCUT2D eigenvalue weighted by Gasteiger charge is 2.18. The van der Waals surface area contributed by atoms with E-state index in [1.165, 1.54) is 15.9 Å². The molecule has 0 amide bonds. The van der Waals surface area contributed by atoms with Gasteiger partial charge in [-0.15, -0.1) is 11.3 Å². The molecule has 1 aromatic carbocycles. The maximum absolute atomic E-state index is 12.8. The Labute approximate surface area is 140 Å². The number of carboxylic acids is 1. The zero-order chi connectivity index (χ0) is 16.7. The SMILES string of the molecule is Cc1sc2nc(-c3ccc(Cl)cc3)n(CC(=O)O)c(=O)c2c1C. The van der Waals surface area contributed by atoms with Crippen LogP contribution in [0.15, 0.2) is 29.1 Å². The van der Waals surface area contributed by atoms with Gasteiger partial charge in [0.25, 0.3) is 5.56 Å². The molecule has 0 radical (unpaired) electrons. The fourth-order valence-electron chi connectivity index (χ4n) is 2.43. The number of nitrogens with zero attached hydrogens (tertiary/aromatic N) is 2. The second-order valence-electron chi connectivity index (χ2n) is 5.19. The molecule has 5 nitrogen and oxygen atoms in total. The lowest BCUT2D eigenvalue weighted by molar-refractivity contribution is -0.137. The third kappa shape index (κ3) is 2.75. The Balaban J connectivity index is 2.37. The molecular weight excluding hydrogens is 336 g/mol. The first-order valence-electron chi connectivity index (χ1n) is 6.86. The number of carbonyl (C=O) groups is 1. The summed E-state index contributed by atoms with van der Waals surface area (Å²) in [5.74, 6) is -0.754. The van der Waals surface area contributed by atoms with Crippen molar-refractivity contribution in [3.63, 3.8) is 0 Å². The largest absolute Gasteiger partial charge is 0.480 e. The standard InChI is InChI=1S/C16H13ClN2O3S/c1-8-9(2)23-15-13(8)16(22)19(7-12(20)21)14(18-15)10-3-5-11(17)6-4-10/h3-6H,7H2,1-2H3,(H,20,21). The number of halogens is 1. The minimum atomic E-state index is -1.09. The first kappa shape index (κ1) is 15.7. The van der Waals surface area contributed by atoms with E-state index in [0.29, 0.717) is 26.6 Å². The van der Waals surface area contributed by atoms with Gasteiger partial charge in [0.15, 0.2) is 0 Å². The minimum Gasteiger partial charge on any atom is -0.480 e. The smallest absolute Gasteiger partial charge is 0.323 e. The van der Waals surface area contributed by atoms with E-state index in [9.17, 15) is 9.59 Å². The predicted octanol–water partition coefficient (Wildman–Crippen LogP) is 3.48. The molecular formula is C16H13ClN2O3S. The molecule has 0 bridgehead atoms. The van der Waals surface area contributed by atoms with E-state index in [-0.39, 0.29) is 5.56 Å². The number of benzene rings is 1. The van der Waals surface area contributed by atoms with E-state index in [1.54, 1.807) is 24.3 Å². The number of aliphatic carboxylic acids is 1. The molecule has 7 heteroatoms. The Morgan fingerprint density at radius 2 is 1.96 bits per heavy atom. The van der Waals surface area contributed by atoms with Crippen molar-refractivity contribution in [2.75, 3.05) is 0 Å². The Morgan fingerprint density at radius 3 is 2.57 bits per heavy atom. The van der Waals surface area contributed by atoms with Gasteiger partial charge < -0.3 is 5.11 Å². The lowest BCUT2D eigenvalue weighted by Gasteiger charge is -2.11. The molecule has 1 N–H and O–H groups in total. The highest BCUT2D eigenvalue weighted by molar-refractivity contribution is 7.18. The van der Waals surface area contributed by atoms with Crippen LogP contribution in [0.5, 0.6) is 0 Å². The molecule has 2 heterocycles. The van der Waals surface area contributed by atoms with E-state index in [0.717, 1.165) is 10.4 Å². The Kier molecular flexibility index (Phi) is 3.95. The molecule has 0 aliphatic rings. The second-order valence-corrected chi connectivity index (χ2v) is 6.83. The first-order valence-corrected chi connectivity index (χ1v) is 8.06. The van der Waals surface area contributed by atoms with Gasteiger partial charge in [0, 0.05) is 15.5 Å². The average molecular weight is 349 g/mol. The Hall–Kier alpha value is -2.18. The summed E-state index contributed by atoms with van der Waals surface area (Å²) in [6, 6.07) is 6.82. The van der Waals surface area contributed by atoms with Gasteiger partial charge in [-0.1, -0.05) is 11.6 Å². The summed E-state index contributed by atoms with van der Waals surface area (Å²) < 4.78 is 1.20. The second kappa shape index (κ2) is 5.79. The molecule has 0 fully saturated rings. The van der Waals surface area contributed by atoms with Crippen LogP contribution < -0.4 is 5.56 Å². The fraction of sp³-hybridized carbons (Fsp3) is 0.188. The molecule has 0 atom stereocenters. The van der Waals surface area contributed by atoms with Gasteiger partial charge in [-0.2, -0.15) is 0 Å². The van der Waals surface area contributed by atoms with Gasteiger partial charge in [0.2, 0.25) is 0 Å². The molecule has 0 unspecified atom stereocenters. The van der Waals surface area contributed by atoms with Crippen molar-refractivity contribution in [3.8, 4) is 11.4 Å². The van der Waals surface area contributed by atoms with Crippen molar-refractivity contribution in [1.82, 2.24) is 9.55 Å². The van der Waals surface area contributed by atoms with E-state index in [2.05, 4.69) is 4.98 Å². The van der Waals surface area contributed by atoms with Gasteiger partial charge in [0.1, 0.15) is 17.2 Å². The molecule has 0 saturated heterocycles. The van der Waals surface area contributed by atoms with Crippen molar-refractivity contribution < 1.29 is 9.90 Å². The van der Waals surface area contributed by atoms with Crippen LogP contribution in [-0.2, 0) is 11.3 Å². The average Bonchev–Trinajstić information content (AvgIpc) is 2.78. The van der Waals surface area contributed by atoms with E-state index in [1.807, 2.05) is 13.8 Å². The summed E-state index contributed by atoms with van der Waals surface area (Å²) in [5, 5.41) is 10.2. The van der Waals surface area contributed by atoms with Crippen LogP contribution in [0.3, 0.4) is 0 Å². The number of carboxylic acid groups (broad SMARTS) is 1. The third-order valence-corrected chi connectivity index (χ3v) is 5.04. The van der Waals surface area contributed by atoms with Crippen molar-refractivity contribution in [2.24, 2.45) is 0 Å². The molecule has 0 aliphatic carbocycles. The third-order valence-electron chi connectivity index (χ3n) is 3.68. The summed E-state index contributed by atoms with van der Waals surface area (Å²) in [5.41, 5.74) is 1.17. The molecule has 0 saturated carbocycles. The maximum atomic E-state index is 12.8. The number of hydrogen-bond donors (Lipinski definition) is 1. The predicted molar refractivity (Wildman–Crippen MR) is 91.4 cm³/mol. The van der Waals surface area contributed by atoms with Gasteiger partial charge >= 0.3 is 5.97 Å². The Bertz CT molecular complexity index is 974. The first-order chi connectivity index (χ1) is 10.9. The van der Waals surface area contributed by atoms with Crippen molar-refractivity contribution in [2.45, 2.75) is 20.4 Å². The number of fused-ring (bicyclic) bond motifs is 1. The van der Waals surface area contributed by atoms with Crippen molar-refractivity contribution in [3.05, 3.63) is 50.1 Å². The molecule has 118 valence electrons. The number of hydrogen-bond acceptors (Lipinski definition) is 4. The maximum Gasteiger partial charge on any atom is 0.323 e. The topological polar surface area (TPSA) is 72.2 Å². The normalized spacial score (nSPS) is 11.1. The van der Waals surface area contributed by atoms with Crippen molar-refractivity contribution in [1.29, 1.82) is 0 Å². The highest BCUT2D eigenvalue weighted by atomic mass is 35.5. The van der Waals surface area contributed by atoms with Crippen LogP contribution >= 0.6 is 22.9 Å². The highest BCUT2D eigenvalue weighted by Crippen LogP contribution is 2.29. The van der Waals surface area contributed by atoms with Crippen LogP contribution in [0.1, 0.15) is 10.4 Å². The summed E-state index contributed by atoms with van der Waals surface area (Å²) in [6.45, 7) is 3.34. The molecule has 3 rings (SSSR count). The van der Waals surface area contributed by atoms with Crippen LogP contribution in [-0.4, -0.2) is 20.6 Å². The zero-order valence-corrected chi connectivity index (χ0v) is 14.0. The molecule has 2 aromatic heterocycles. The summed E-state index contributed by atoms with van der Waals surface area (Å²) >= 11 is 7.33. The summed E-state index contributed by atoms with van der Waals surface area (Å²) in [4.78, 5) is 30.1. The van der Waals surface area contributed by atoms with Gasteiger partial charge in [0.05, 0.1) is 5.39 Å². The van der Waals surface area contributed by atoms with E-state index in [4.69, 9.17) is 16.7 Å². The number of aromatic nitrogens is 2. The zero-order valence-electron chi connectivity index (χ0n) is 12.5. The molecule has 0 spiro atoms. The monoisotopic (exact) mass is 348 g/mol. The van der Waals surface area contributed by atoms with Gasteiger partial charge in [-0.25, -0.2) is 4.98 Å². The van der Waals surface area contributed by atoms with E-state index >= 15 is 0 Å². The minimum absolute atomic E-state index is 0.329. The lowest BCUT2D eigenvalue weighted by atomic mass is 10.2. The number of thiophene rings is 1. The molecule has 23 heavy (non-hydrogen) atoms. The quantitative estimate of drug-likeness (QED) is 0.786. The molecule has 3 aromatic rings. The summed E-state index contributed by atoms with van der Waals surface area (Å²) in [7, 11) is 0. The van der Waals surface area contributed by atoms with Gasteiger partial charge in [-0.05, 0) is 43.7 Å².